The molecule has 0 heterocycles. The van der Waals surface area contributed by atoms with E-state index in [1.807, 2.05) is 0 Å². The predicted octanol–water partition coefficient (Wildman–Crippen LogP) is 5.44. The van der Waals surface area contributed by atoms with E-state index in [-0.39, 0.29) is 34.3 Å². The Morgan fingerprint density at radius 1 is 1.06 bits per heavy atom. The zero-order chi connectivity index (χ0) is 22.2. The van der Waals surface area contributed by atoms with Crippen molar-refractivity contribution in [1.29, 1.82) is 0 Å². The zero-order valence-corrected chi connectivity index (χ0v) is 19.7. The van der Waals surface area contributed by atoms with Crippen molar-refractivity contribution in [1.82, 2.24) is 0 Å². The number of rotatable bonds is 3. The first-order valence-corrected chi connectivity index (χ1v) is 12.2. The molecule has 0 aromatic rings. The van der Waals surface area contributed by atoms with Crippen molar-refractivity contribution in [3.8, 4) is 0 Å². The number of nitrogens with zero attached hydrogens (tertiary/aromatic N) is 1. The third kappa shape index (κ3) is 2.90. The van der Waals surface area contributed by atoms with Crippen LogP contribution in [-0.4, -0.2) is 23.8 Å². The van der Waals surface area contributed by atoms with Crippen LogP contribution in [0.2, 0.25) is 0 Å². The number of allylic oxidation sites excluding steroid dienone is 1. The fraction of sp³-hybridized carbons (Fsp3) is 0.808. The molecule has 0 aromatic carbocycles. The van der Waals surface area contributed by atoms with Gasteiger partial charge in [-0.2, -0.15) is 0 Å². The lowest BCUT2D eigenvalue weighted by Gasteiger charge is -2.59. The zero-order valence-electron chi connectivity index (χ0n) is 19.7. The largest absolute Gasteiger partial charge is 0.462 e. The third-order valence-corrected chi connectivity index (χ3v) is 10.4. The molecule has 0 N–H and O–H groups in total. The van der Waals surface area contributed by atoms with Crippen molar-refractivity contribution in [2.45, 2.75) is 92.1 Å². The molecule has 0 spiro atoms. The number of ether oxygens (including phenoxy) is 1. The molecule has 4 saturated carbocycles. The first-order chi connectivity index (χ1) is 14.6. The molecular weight excluding hydrogens is 390 g/mol. The van der Waals surface area contributed by atoms with Gasteiger partial charge in [-0.25, -0.2) is 4.79 Å². The summed E-state index contributed by atoms with van der Waals surface area (Å²) in [7, 11) is 0. The Bertz CT molecular complexity index is 877. The van der Waals surface area contributed by atoms with E-state index in [0.29, 0.717) is 11.8 Å². The highest BCUT2D eigenvalue weighted by Gasteiger charge is 2.76. The Hall–Kier alpha value is -1.65. The van der Waals surface area contributed by atoms with Gasteiger partial charge < -0.3 is 9.57 Å². The third-order valence-electron chi connectivity index (χ3n) is 10.4. The number of carbonyl (C=O) groups is 2. The summed E-state index contributed by atoms with van der Waals surface area (Å²) in [4.78, 5) is 27.9. The molecule has 4 unspecified atom stereocenters. The first-order valence-electron chi connectivity index (χ1n) is 12.2. The normalized spacial score (nSPS) is 47.8. The van der Waals surface area contributed by atoms with Gasteiger partial charge in [0.25, 0.3) is 0 Å². The highest BCUT2D eigenvalue weighted by Crippen LogP contribution is 2.80. The van der Waals surface area contributed by atoms with Crippen molar-refractivity contribution >= 4 is 17.7 Å². The predicted molar refractivity (Wildman–Crippen MR) is 118 cm³/mol. The minimum atomic E-state index is -0.335. The van der Waals surface area contributed by atoms with E-state index in [2.05, 4.69) is 32.0 Å². The van der Waals surface area contributed by atoms with Gasteiger partial charge in [-0.15, -0.1) is 0 Å². The molecule has 0 bridgehead atoms. The van der Waals surface area contributed by atoms with Crippen LogP contribution in [0, 0.1) is 39.9 Å². The number of hydrogen-bond donors (Lipinski definition) is 0. The maximum atomic E-state index is 11.5. The molecule has 5 aliphatic carbocycles. The lowest BCUT2D eigenvalue weighted by Crippen LogP contribution is -2.52. The van der Waals surface area contributed by atoms with Crippen molar-refractivity contribution in [2.24, 2.45) is 45.1 Å². The van der Waals surface area contributed by atoms with Gasteiger partial charge in [0.1, 0.15) is 6.10 Å². The molecule has 0 aromatic heterocycles. The summed E-state index contributed by atoms with van der Waals surface area (Å²) in [6.07, 6.45) is 11.8. The number of esters is 1. The second-order valence-electron chi connectivity index (χ2n) is 11.6. The molecule has 0 aliphatic heterocycles. The summed E-state index contributed by atoms with van der Waals surface area (Å²) < 4.78 is 5.58. The number of hydrogen-bond acceptors (Lipinski definition) is 5. The minimum absolute atomic E-state index is 0.0600. The maximum Gasteiger partial charge on any atom is 0.331 e. The summed E-state index contributed by atoms with van der Waals surface area (Å²) in [5, 5.41) is 4.28. The first kappa shape index (κ1) is 21.2. The van der Waals surface area contributed by atoms with Crippen molar-refractivity contribution in [3.05, 3.63) is 11.6 Å². The highest BCUT2D eigenvalue weighted by atomic mass is 16.7. The summed E-state index contributed by atoms with van der Waals surface area (Å²) in [5.41, 5.74) is 3.22. The van der Waals surface area contributed by atoms with Crippen molar-refractivity contribution < 1.29 is 19.2 Å². The van der Waals surface area contributed by atoms with Crippen LogP contribution in [-0.2, 0) is 19.2 Å². The summed E-state index contributed by atoms with van der Waals surface area (Å²) in [6.45, 7) is 10.0. The molecule has 4 fully saturated rings. The van der Waals surface area contributed by atoms with E-state index in [9.17, 15) is 9.59 Å². The second-order valence-corrected chi connectivity index (χ2v) is 11.6. The lowest BCUT2D eigenvalue weighted by molar-refractivity contribution is -0.148. The van der Waals surface area contributed by atoms with Crippen LogP contribution in [0.15, 0.2) is 16.8 Å². The summed E-state index contributed by atoms with van der Waals surface area (Å²) in [6, 6.07) is 0. The lowest BCUT2D eigenvalue weighted by atomic mass is 9.46. The van der Waals surface area contributed by atoms with E-state index in [0.717, 1.165) is 43.2 Å². The Balaban J connectivity index is 1.40. The van der Waals surface area contributed by atoms with Crippen molar-refractivity contribution in [3.63, 3.8) is 0 Å². The fourth-order valence-electron chi connectivity index (χ4n) is 8.96. The maximum absolute atomic E-state index is 11.5. The van der Waals surface area contributed by atoms with Gasteiger partial charge in [-0.05, 0) is 86.4 Å². The molecule has 5 rings (SSSR count). The van der Waals surface area contributed by atoms with Gasteiger partial charge in [0.05, 0.1) is 5.71 Å². The summed E-state index contributed by atoms with van der Waals surface area (Å²) >= 11 is 0. The van der Waals surface area contributed by atoms with Gasteiger partial charge in [-0.3, -0.25) is 4.79 Å². The van der Waals surface area contributed by atoms with Crippen LogP contribution in [0.1, 0.15) is 86.0 Å². The highest BCUT2D eigenvalue weighted by molar-refractivity contribution is 5.92. The molecule has 5 nitrogen and oxygen atoms in total. The van der Waals surface area contributed by atoms with Gasteiger partial charge >= 0.3 is 11.9 Å². The molecule has 8 atom stereocenters. The SMILES string of the molecule is CC(=O)O/N=C(\C)[C@@]12CC1CC1C3CC=C4C[C@@H](OC(C)=O)CC[C@]4(C)C3CC[C@@]12C. The van der Waals surface area contributed by atoms with E-state index < -0.39 is 0 Å². The Labute approximate surface area is 186 Å². The average Bonchev–Trinajstić information content (AvgIpc) is 3.38. The van der Waals surface area contributed by atoms with Crippen LogP contribution in [0.5, 0.6) is 0 Å². The van der Waals surface area contributed by atoms with Gasteiger partial charge in [0, 0.05) is 25.7 Å². The number of oxime groups is 1. The molecule has 170 valence electrons. The molecule has 5 aliphatic rings. The van der Waals surface area contributed by atoms with Gasteiger partial charge in [0.2, 0.25) is 0 Å². The van der Waals surface area contributed by atoms with Crippen LogP contribution in [0.4, 0.5) is 0 Å². The Morgan fingerprint density at radius 3 is 2.55 bits per heavy atom. The molecule has 0 saturated heterocycles. The second kappa shape index (κ2) is 6.92. The smallest absolute Gasteiger partial charge is 0.331 e. The Morgan fingerprint density at radius 2 is 1.84 bits per heavy atom. The van der Waals surface area contributed by atoms with Crippen LogP contribution < -0.4 is 0 Å². The van der Waals surface area contributed by atoms with Gasteiger partial charge in [-0.1, -0.05) is 30.7 Å². The quantitative estimate of drug-likeness (QED) is 0.198. The van der Waals surface area contributed by atoms with E-state index in [4.69, 9.17) is 9.57 Å². The topological polar surface area (TPSA) is 65.0 Å². The number of carbonyl (C=O) groups excluding carboxylic acids is 2. The fourth-order valence-corrected chi connectivity index (χ4v) is 8.96. The molecule has 5 heteroatoms. The van der Waals surface area contributed by atoms with E-state index in [1.54, 1.807) is 5.57 Å². The molecule has 0 radical (unpaired) electrons. The molecule has 0 amide bonds. The molecule has 31 heavy (non-hydrogen) atoms. The summed E-state index contributed by atoms with van der Waals surface area (Å²) in [5.74, 6) is 2.37. The van der Waals surface area contributed by atoms with Crippen LogP contribution in [0.25, 0.3) is 0 Å². The van der Waals surface area contributed by atoms with E-state index >= 15 is 0 Å². The van der Waals surface area contributed by atoms with Crippen molar-refractivity contribution in [2.75, 3.05) is 0 Å². The van der Waals surface area contributed by atoms with Gasteiger partial charge in [0.15, 0.2) is 0 Å². The minimum Gasteiger partial charge on any atom is -0.462 e. The molecular formula is C26H37NO4. The standard InChI is InChI=1S/C26H37NO4/c1-15(27-31-17(3)29)26-14-19(26)13-23-21-7-6-18-12-20(30-16(2)28)8-10-24(18,4)22(21)9-11-25(23,26)5/h6,19-23H,7-14H2,1-5H3/b27-15+/t19?,20-,21?,22?,23?,24-,25-,26-/m0/s1. The monoisotopic (exact) mass is 427 g/mol. The van der Waals surface area contributed by atoms with Crippen LogP contribution >= 0.6 is 0 Å². The number of fused-ring (bicyclic) bond motifs is 7. The van der Waals surface area contributed by atoms with E-state index in [1.165, 1.54) is 39.5 Å². The average molecular weight is 428 g/mol. The van der Waals surface area contributed by atoms with Crippen LogP contribution in [0.3, 0.4) is 0 Å². The Kier molecular flexibility index (Phi) is 4.74.